The van der Waals surface area contributed by atoms with E-state index < -0.39 is 5.97 Å². The monoisotopic (exact) mass is 649 g/mol. The first kappa shape index (κ1) is 33.0. The zero-order valence-corrected chi connectivity index (χ0v) is 26.7. The predicted molar refractivity (Wildman–Crippen MR) is 177 cm³/mol. The summed E-state index contributed by atoms with van der Waals surface area (Å²) in [5, 5.41) is 4.66. The first-order valence-electron chi connectivity index (χ1n) is 15.6. The number of imide groups is 1. The van der Waals surface area contributed by atoms with Crippen LogP contribution < -0.4 is 21.5 Å². The molecule has 5 rings (SSSR count). The maximum Gasteiger partial charge on any atom is 0.342 e. The zero-order chi connectivity index (χ0) is 32.8. The molecule has 1 saturated heterocycles. The Morgan fingerprint density at radius 2 is 1.70 bits per heavy atom. The van der Waals surface area contributed by atoms with Gasteiger partial charge in [-0.15, -0.1) is 0 Å². The van der Waals surface area contributed by atoms with Crippen LogP contribution in [0.1, 0.15) is 69.6 Å². The maximum absolute atomic E-state index is 13.1. The summed E-state index contributed by atoms with van der Waals surface area (Å²) in [4.78, 5) is 54.7. The summed E-state index contributed by atoms with van der Waals surface area (Å²) in [5.74, 6) is -0.403. The number of hydrogen-bond donors (Lipinski definition) is 3. The van der Waals surface area contributed by atoms with Crippen molar-refractivity contribution in [1.82, 2.24) is 15.1 Å². The molecule has 2 heterocycles. The number of nitrogen functional groups attached to an aromatic ring is 2. The van der Waals surface area contributed by atoms with E-state index in [2.05, 4.69) is 10.2 Å². The van der Waals surface area contributed by atoms with Gasteiger partial charge in [0.25, 0.3) is 11.8 Å². The normalized spacial score (nSPS) is 15.3. The van der Waals surface area contributed by atoms with Crippen molar-refractivity contribution in [2.45, 2.75) is 38.5 Å². The summed E-state index contributed by atoms with van der Waals surface area (Å²) >= 11 is 6.05. The summed E-state index contributed by atoms with van der Waals surface area (Å²) in [6.45, 7) is 3.50. The van der Waals surface area contributed by atoms with Crippen molar-refractivity contribution in [3.8, 4) is 5.75 Å². The number of amides is 3. The lowest BCUT2D eigenvalue weighted by Gasteiger charge is -2.31. The number of nitrogens with one attached hydrogen (secondary N) is 1. The third-order valence-corrected chi connectivity index (χ3v) is 9.11. The molecular formula is C34H40ClN5O6. The number of piperidine rings is 1. The van der Waals surface area contributed by atoms with Crippen LogP contribution in [0.5, 0.6) is 5.75 Å². The second-order valence-electron chi connectivity index (χ2n) is 11.8. The molecule has 0 aromatic heterocycles. The molecule has 5 N–H and O–H groups in total. The van der Waals surface area contributed by atoms with E-state index in [1.165, 1.54) is 24.1 Å². The van der Waals surface area contributed by atoms with Gasteiger partial charge in [-0.05, 0) is 69.0 Å². The largest absolute Gasteiger partial charge is 0.496 e. The van der Waals surface area contributed by atoms with E-state index in [-0.39, 0.29) is 34.9 Å². The molecule has 0 spiro atoms. The molecule has 11 nitrogen and oxygen atoms in total. The second-order valence-corrected chi connectivity index (χ2v) is 12.2. The van der Waals surface area contributed by atoms with Crippen LogP contribution in [0.25, 0.3) is 10.8 Å². The summed E-state index contributed by atoms with van der Waals surface area (Å²) in [6, 6.07) is 11.7. The Morgan fingerprint density at radius 1 is 0.957 bits per heavy atom. The van der Waals surface area contributed by atoms with Crippen LogP contribution in [0, 0.1) is 5.92 Å². The van der Waals surface area contributed by atoms with Crippen LogP contribution in [-0.4, -0.2) is 79.9 Å². The molecule has 3 aromatic rings. The second kappa shape index (κ2) is 14.8. The topological polar surface area (TPSA) is 157 Å². The van der Waals surface area contributed by atoms with Gasteiger partial charge in [-0.25, -0.2) is 4.79 Å². The van der Waals surface area contributed by atoms with Crippen molar-refractivity contribution in [2.24, 2.45) is 5.92 Å². The first-order chi connectivity index (χ1) is 22.2. The Hall–Kier alpha value is -4.35. The molecule has 46 heavy (non-hydrogen) atoms. The number of hydrogen-bond acceptors (Lipinski definition) is 9. The van der Waals surface area contributed by atoms with E-state index >= 15 is 0 Å². The van der Waals surface area contributed by atoms with Gasteiger partial charge in [0, 0.05) is 59.7 Å². The molecule has 1 fully saturated rings. The van der Waals surface area contributed by atoms with Gasteiger partial charge in [-0.3, -0.25) is 24.2 Å². The van der Waals surface area contributed by atoms with Crippen LogP contribution in [-0.2, 0) is 9.53 Å². The number of carbonyl (C=O) groups is 4. The Balaban J connectivity index is 0.951. The standard InChI is InChI=1S/C34H40ClN5O6/c1-45-29-19-28(37)26(35)18-25(29)34(44)46-17-16-39-14-11-21(12-15-39)20-38-30(41)8-3-2-4-13-40-32(42)23-7-5-6-22-27(36)10-9-24(31(22)23)33(40)43/h5-7,9-10,18-19,21H,2-4,8,11-17,20,36-37H2,1H3,(H,38,41). The van der Waals surface area contributed by atoms with Gasteiger partial charge in [-0.1, -0.05) is 30.2 Å². The lowest BCUT2D eigenvalue weighted by atomic mass is 9.93. The number of esters is 1. The molecule has 3 aromatic carbocycles. The minimum absolute atomic E-state index is 0.0101. The number of benzene rings is 3. The molecule has 3 amide bonds. The number of unbranched alkanes of at least 4 members (excludes halogenated alkanes) is 2. The fourth-order valence-corrected chi connectivity index (χ4v) is 6.27. The average Bonchev–Trinajstić information content (AvgIpc) is 3.06. The number of carbonyl (C=O) groups excluding carboxylic acids is 4. The van der Waals surface area contributed by atoms with E-state index in [1.54, 1.807) is 24.3 Å². The van der Waals surface area contributed by atoms with Gasteiger partial charge < -0.3 is 26.3 Å². The van der Waals surface area contributed by atoms with E-state index in [0.29, 0.717) is 78.5 Å². The number of rotatable bonds is 13. The molecule has 0 atom stereocenters. The van der Waals surface area contributed by atoms with Gasteiger partial charge in [-0.2, -0.15) is 0 Å². The highest BCUT2D eigenvalue weighted by Gasteiger charge is 2.32. The van der Waals surface area contributed by atoms with E-state index in [1.807, 2.05) is 6.07 Å². The number of halogens is 1. The van der Waals surface area contributed by atoms with Crippen molar-refractivity contribution in [1.29, 1.82) is 0 Å². The summed E-state index contributed by atoms with van der Waals surface area (Å²) in [7, 11) is 1.45. The third kappa shape index (κ3) is 7.37. The van der Waals surface area contributed by atoms with Crippen molar-refractivity contribution in [2.75, 3.05) is 57.9 Å². The summed E-state index contributed by atoms with van der Waals surface area (Å²) < 4.78 is 10.7. The van der Waals surface area contributed by atoms with Crippen LogP contribution in [0.4, 0.5) is 11.4 Å². The number of methoxy groups -OCH3 is 1. The molecule has 0 saturated carbocycles. The molecule has 2 aliphatic rings. The molecule has 0 aliphatic carbocycles. The quantitative estimate of drug-likeness (QED) is 0.105. The molecule has 0 bridgehead atoms. The van der Waals surface area contributed by atoms with Gasteiger partial charge >= 0.3 is 5.97 Å². The number of nitrogens with zero attached hydrogens (tertiary/aromatic N) is 2. The van der Waals surface area contributed by atoms with E-state index in [0.717, 1.165) is 37.7 Å². The highest BCUT2D eigenvalue weighted by atomic mass is 35.5. The Labute approximate surface area is 273 Å². The Bertz CT molecular complexity index is 1620. The zero-order valence-electron chi connectivity index (χ0n) is 26.0. The molecular weight excluding hydrogens is 610 g/mol. The molecule has 2 aliphatic heterocycles. The lowest BCUT2D eigenvalue weighted by Crippen LogP contribution is -2.41. The number of likely N-dealkylation sites (tertiary alicyclic amines) is 1. The first-order valence-corrected chi connectivity index (χ1v) is 16.0. The fourth-order valence-electron chi connectivity index (χ4n) is 6.11. The summed E-state index contributed by atoms with van der Waals surface area (Å²) in [6.07, 6.45) is 4.31. The minimum atomic E-state index is -0.514. The lowest BCUT2D eigenvalue weighted by molar-refractivity contribution is -0.121. The highest BCUT2D eigenvalue weighted by molar-refractivity contribution is 6.33. The SMILES string of the molecule is COc1cc(N)c(Cl)cc1C(=O)OCCN1CCC(CNC(=O)CCCCCN2C(=O)c3cccc4c(N)ccc(c34)C2=O)CC1. The van der Waals surface area contributed by atoms with Crippen molar-refractivity contribution < 1.29 is 28.7 Å². The average molecular weight is 650 g/mol. The number of anilines is 2. The maximum atomic E-state index is 13.1. The van der Waals surface area contributed by atoms with Crippen molar-refractivity contribution in [3.63, 3.8) is 0 Å². The van der Waals surface area contributed by atoms with E-state index in [4.69, 9.17) is 32.5 Å². The summed E-state index contributed by atoms with van der Waals surface area (Å²) in [5.41, 5.74) is 13.9. The van der Waals surface area contributed by atoms with Gasteiger partial charge in [0.1, 0.15) is 17.9 Å². The van der Waals surface area contributed by atoms with Crippen LogP contribution in [0.2, 0.25) is 5.02 Å². The van der Waals surface area contributed by atoms with Gasteiger partial charge in [0.15, 0.2) is 0 Å². The molecule has 244 valence electrons. The smallest absolute Gasteiger partial charge is 0.342 e. The van der Waals surface area contributed by atoms with E-state index in [9.17, 15) is 19.2 Å². The highest BCUT2D eigenvalue weighted by Crippen LogP contribution is 2.33. The fraction of sp³-hybridized carbons (Fsp3) is 0.412. The molecule has 0 radical (unpaired) electrons. The molecule has 12 heteroatoms. The van der Waals surface area contributed by atoms with Crippen LogP contribution >= 0.6 is 11.6 Å². The van der Waals surface area contributed by atoms with Crippen LogP contribution in [0.3, 0.4) is 0 Å². The Morgan fingerprint density at radius 3 is 2.43 bits per heavy atom. The van der Waals surface area contributed by atoms with Crippen LogP contribution in [0.15, 0.2) is 42.5 Å². The number of nitrogens with two attached hydrogens (primary N) is 2. The Kier molecular flexibility index (Phi) is 10.6. The van der Waals surface area contributed by atoms with Crippen molar-refractivity contribution in [3.05, 3.63) is 64.2 Å². The minimum Gasteiger partial charge on any atom is -0.496 e. The number of ether oxygens (including phenoxy) is 2. The van der Waals surface area contributed by atoms with Gasteiger partial charge in [0.05, 0.1) is 17.8 Å². The van der Waals surface area contributed by atoms with Crippen molar-refractivity contribution >= 4 is 57.4 Å². The predicted octanol–water partition coefficient (Wildman–Crippen LogP) is 4.51. The third-order valence-electron chi connectivity index (χ3n) is 8.79. The van der Waals surface area contributed by atoms with Gasteiger partial charge in [0.2, 0.25) is 5.91 Å². The molecule has 0 unspecified atom stereocenters.